The van der Waals surface area contributed by atoms with Crippen molar-refractivity contribution in [3.8, 4) is 0 Å². The summed E-state index contributed by atoms with van der Waals surface area (Å²) >= 11 is 0. The number of aryl methyl sites for hydroxylation is 1. The van der Waals surface area contributed by atoms with E-state index >= 15 is 0 Å². The van der Waals surface area contributed by atoms with Gasteiger partial charge in [0.05, 0.1) is 18.6 Å². The Bertz CT molecular complexity index is 705. The summed E-state index contributed by atoms with van der Waals surface area (Å²) in [5.74, 6) is -0.857. The molecule has 0 saturated carbocycles. The van der Waals surface area contributed by atoms with Gasteiger partial charge in [-0.05, 0) is 39.8 Å². The maximum Gasteiger partial charge on any atom is 0.408 e. The smallest absolute Gasteiger partial charge is 0.408 e. The molecule has 0 aliphatic rings. The van der Waals surface area contributed by atoms with Gasteiger partial charge in [0.15, 0.2) is 6.04 Å². The highest BCUT2D eigenvalue weighted by molar-refractivity contribution is 7.86. The van der Waals surface area contributed by atoms with Crippen LogP contribution in [-0.4, -0.2) is 45.8 Å². The van der Waals surface area contributed by atoms with Crippen molar-refractivity contribution in [2.24, 2.45) is 0 Å². The highest BCUT2D eigenvalue weighted by Crippen LogP contribution is 2.14. The van der Waals surface area contributed by atoms with Crippen molar-refractivity contribution in [2.75, 3.05) is 13.7 Å². The molecule has 8 nitrogen and oxygen atoms in total. The molecule has 1 N–H and O–H groups in total. The number of carbonyl (C=O) groups excluding carboxylic acids is 2. The molecular weight excluding hydrogens is 350 g/mol. The van der Waals surface area contributed by atoms with Crippen LogP contribution in [0.2, 0.25) is 0 Å². The first-order chi connectivity index (χ1) is 11.4. The van der Waals surface area contributed by atoms with E-state index in [1.165, 1.54) is 12.1 Å². The molecule has 1 aromatic rings. The number of rotatable bonds is 6. The summed E-state index contributed by atoms with van der Waals surface area (Å²) in [6.07, 6.45) is -0.890. The maximum absolute atomic E-state index is 12.2. The lowest BCUT2D eigenvalue weighted by molar-refractivity contribution is -0.143. The molecule has 0 radical (unpaired) electrons. The first-order valence-electron chi connectivity index (χ1n) is 7.48. The molecule has 0 fully saturated rings. The molecule has 0 spiro atoms. The SMILES string of the molecule is COC(=O)C(COS(=O)(=O)c1ccc(C)cc1)NC(=O)OC(C)(C)C. The number of benzene rings is 1. The zero-order chi connectivity index (χ0) is 19.3. The normalized spacial score (nSPS) is 13.0. The fourth-order valence-electron chi connectivity index (χ4n) is 1.69. The molecule has 1 unspecified atom stereocenters. The average Bonchev–Trinajstić information content (AvgIpc) is 2.49. The maximum atomic E-state index is 12.2. The van der Waals surface area contributed by atoms with E-state index in [1.54, 1.807) is 32.9 Å². The minimum absolute atomic E-state index is 0.0565. The van der Waals surface area contributed by atoms with Gasteiger partial charge in [0, 0.05) is 0 Å². The largest absolute Gasteiger partial charge is 0.467 e. The third-order valence-corrected chi connectivity index (χ3v) is 4.17. The molecule has 1 rings (SSSR count). The summed E-state index contributed by atoms with van der Waals surface area (Å²) in [7, 11) is -2.97. The molecule has 9 heteroatoms. The van der Waals surface area contributed by atoms with E-state index in [2.05, 4.69) is 10.1 Å². The van der Waals surface area contributed by atoms with Gasteiger partial charge >= 0.3 is 12.1 Å². The molecule has 1 amide bonds. The van der Waals surface area contributed by atoms with E-state index in [1.807, 2.05) is 6.92 Å². The van der Waals surface area contributed by atoms with Gasteiger partial charge < -0.3 is 14.8 Å². The van der Waals surface area contributed by atoms with Crippen LogP contribution in [0.5, 0.6) is 0 Å². The molecule has 140 valence electrons. The Labute approximate surface area is 147 Å². The van der Waals surface area contributed by atoms with E-state index in [0.29, 0.717) is 0 Å². The van der Waals surface area contributed by atoms with Gasteiger partial charge in [-0.1, -0.05) is 17.7 Å². The van der Waals surface area contributed by atoms with Crippen molar-refractivity contribution in [2.45, 2.75) is 44.2 Å². The van der Waals surface area contributed by atoms with E-state index in [0.717, 1.165) is 12.7 Å². The number of nitrogens with one attached hydrogen (secondary N) is 1. The highest BCUT2D eigenvalue weighted by Gasteiger charge is 2.28. The van der Waals surface area contributed by atoms with E-state index < -0.39 is 40.4 Å². The van der Waals surface area contributed by atoms with E-state index in [4.69, 9.17) is 8.92 Å². The molecule has 1 aromatic carbocycles. The molecule has 0 heterocycles. The van der Waals surface area contributed by atoms with Crippen LogP contribution >= 0.6 is 0 Å². The Morgan fingerprint density at radius 3 is 2.20 bits per heavy atom. The summed E-state index contributed by atoms with van der Waals surface area (Å²) in [6, 6.07) is 4.68. The van der Waals surface area contributed by atoms with Gasteiger partial charge in [0.25, 0.3) is 10.1 Å². The van der Waals surface area contributed by atoms with Crippen molar-refractivity contribution in [1.82, 2.24) is 5.32 Å². The lowest BCUT2D eigenvalue weighted by atomic mass is 10.2. The number of hydrogen-bond donors (Lipinski definition) is 1. The quantitative estimate of drug-likeness (QED) is 0.598. The van der Waals surface area contributed by atoms with Crippen LogP contribution in [0, 0.1) is 6.92 Å². The molecule has 0 saturated heterocycles. The molecule has 0 aromatic heterocycles. The molecule has 0 bridgehead atoms. The summed E-state index contributed by atoms with van der Waals surface area (Å²) in [6.45, 7) is 6.14. The zero-order valence-electron chi connectivity index (χ0n) is 14.9. The minimum atomic E-state index is -4.08. The molecule has 0 aliphatic heterocycles. The summed E-state index contributed by atoms with van der Waals surface area (Å²) in [5, 5.41) is 2.23. The Hall–Kier alpha value is -2.13. The Morgan fingerprint density at radius 2 is 1.72 bits per heavy atom. The Kier molecular flexibility index (Phi) is 6.95. The van der Waals surface area contributed by atoms with Crippen LogP contribution < -0.4 is 5.32 Å². The topological polar surface area (TPSA) is 108 Å². The second-order valence-electron chi connectivity index (χ2n) is 6.27. The number of amides is 1. The van der Waals surface area contributed by atoms with Crippen molar-refractivity contribution < 1.29 is 31.7 Å². The number of alkyl carbamates (subject to hydrolysis) is 1. The Balaban J connectivity index is 2.80. The number of esters is 1. The van der Waals surface area contributed by atoms with Crippen molar-refractivity contribution in [3.63, 3.8) is 0 Å². The van der Waals surface area contributed by atoms with Crippen LogP contribution in [0.15, 0.2) is 29.2 Å². The average molecular weight is 373 g/mol. The van der Waals surface area contributed by atoms with Crippen LogP contribution in [-0.2, 0) is 28.6 Å². The fraction of sp³-hybridized carbons (Fsp3) is 0.500. The van der Waals surface area contributed by atoms with Gasteiger partial charge in [-0.15, -0.1) is 0 Å². The van der Waals surface area contributed by atoms with Crippen LogP contribution in [0.1, 0.15) is 26.3 Å². The summed E-state index contributed by atoms with van der Waals surface area (Å²) in [4.78, 5) is 23.5. The summed E-state index contributed by atoms with van der Waals surface area (Å²) in [5.41, 5.74) is 0.109. The van der Waals surface area contributed by atoms with Crippen LogP contribution in [0.25, 0.3) is 0 Å². The van der Waals surface area contributed by atoms with Gasteiger partial charge in [-0.25, -0.2) is 9.59 Å². The van der Waals surface area contributed by atoms with Gasteiger partial charge in [-0.3, -0.25) is 4.18 Å². The third-order valence-electron chi connectivity index (χ3n) is 2.88. The highest BCUT2D eigenvalue weighted by atomic mass is 32.2. The van der Waals surface area contributed by atoms with Crippen molar-refractivity contribution >= 4 is 22.2 Å². The second kappa shape index (κ2) is 8.30. The summed E-state index contributed by atoms with van der Waals surface area (Å²) < 4.78 is 38.8. The lowest BCUT2D eigenvalue weighted by Gasteiger charge is -2.22. The van der Waals surface area contributed by atoms with Crippen molar-refractivity contribution in [3.05, 3.63) is 29.8 Å². The predicted octanol–water partition coefficient (Wildman–Crippen LogP) is 1.77. The van der Waals surface area contributed by atoms with Crippen LogP contribution in [0.3, 0.4) is 0 Å². The first kappa shape index (κ1) is 20.9. The molecule has 25 heavy (non-hydrogen) atoms. The Morgan fingerprint density at radius 1 is 1.16 bits per heavy atom. The first-order valence-corrected chi connectivity index (χ1v) is 8.89. The van der Waals surface area contributed by atoms with Gasteiger partial charge in [0.2, 0.25) is 0 Å². The standard InChI is InChI=1S/C16H23NO7S/c1-11-6-8-12(9-7-11)25(20,21)23-10-13(14(18)22-5)17-15(19)24-16(2,3)4/h6-9,13H,10H2,1-5H3,(H,17,19). The number of carbonyl (C=O) groups is 2. The predicted molar refractivity (Wildman–Crippen MR) is 89.5 cm³/mol. The van der Waals surface area contributed by atoms with E-state index in [-0.39, 0.29) is 4.90 Å². The van der Waals surface area contributed by atoms with E-state index in [9.17, 15) is 18.0 Å². The minimum Gasteiger partial charge on any atom is -0.467 e. The molecule has 1 atom stereocenters. The zero-order valence-corrected chi connectivity index (χ0v) is 15.7. The van der Waals surface area contributed by atoms with Crippen LogP contribution in [0.4, 0.5) is 4.79 Å². The lowest BCUT2D eigenvalue weighted by Crippen LogP contribution is -2.46. The monoisotopic (exact) mass is 373 g/mol. The molecular formula is C16H23NO7S. The number of hydrogen-bond acceptors (Lipinski definition) is 7. The third kappa shape index (κ3) is 7.10. The number of ether oxygens (including phenoxy) is 2. The number of methoxy groups -OCH3 is 1. The fourth-order valence-corrected chi connectivity index (χ4v) is 2.61. The van der Waals surface area contributed by atoms with Gasteiger partial charge in [-0.2, -0.15) is 8.42 Å². The van der Waals surface area contributed by atoms with Gasteiger partial charge in [0.1, 0.15) is 5.60 Å². The second-order valence-corrected chi connectivity index (χ2v) is 7.89. The van der Waals surface area contributed by atoms with Crippen molar-refractivity contribution in [1.29, 1.82) is 0 Å². The molecule has 0 aliphatic carbocycles.